The first-order valence-electron chi connectivity index (χ1n) is 9.30. The molecule has 0 fully saturated rings. The number of ether oxygens (including phenoxy) is 1. The zero-order chi connectivity index (χ0) is 26.0. The van der Waals surface area contributed by atoms with Gasteiger partial charge in [-0.3, -0.25) is 4.98 Å². The number of sulfonamides is 1. The Morgan fingerprint density at radius 1 is 1.14 bits per heavy atom. The van der Waals surface area contributed by atoms with Crippen molar-refractivity contribution in [1.82, 2.24) is 25.6 Å². The zero-order valence-electron chi connectivity index (χ0n) is 17.4. The monoisotopic (exact) mass is 535 g/mol. The lowest BCUT2D eigenvalue weighted by atomic mass is 9.99. The fourth-order valence-electron chi connectivity index (χ4n) is 3.04. The van der Waals surface area contributed by atoms with Crippen molar-refractivity contribution in [2.75, 3.05) is 12.3 Å². The highest BCUT2D eigenvalue weighted by Gasteiger charge is 2.41. The molecule has 1 aromatic carbocycles. The minimum atomic E-state index is -5.20. The standard InChI is InChI=1S/C17H16F3N7O6S2/c18-17(19,20)16(28)33-8-9-5-10(7-23-6-9)11-1-2-12(34(29,30)4-3-21)14(35(22,31)32)13(11)15-24-26-27-25-15/h1-2,5-7H,3-4,8,21H2,(H2,22,31,32)(H,24,25,26,27). The first-order chi connectivity index (χ1) is 16.3. The van der Waals surface area contributed by atoms with Gasteiger partial charge in [-0.25, -0.2) is 31.9 Å². The normalized spacial score (nSPS) is 12.5. The van der Waals surface area contributed by atoms with Crippen LogP contribution in [0.2, 0.25) is 0 Å². The molecule has 0 aliphatic rings. The third-order valence-electron chi connectivity index (χ3n) is 4.42. The first-order valence-corrected chi connectivity index (χ1v) is 12.5. The Morgan fingerprint density at radius 2 is 1.86 bits per heavy atom. The number of rotatable bonds is 8. The molecule has 13 nitrogen and oxygen atoms in total. The lowest BCUT2D eigenvalue weighted by Gasteiger charge is -2.16. The van der Waals surface area contributed by atoms with E-state index in [1.807, 2.05) is 0 Å². The van der Waals surface area contributed by atoms with Gasteiger partial charge < -0.3 is 10.5 Å². The molecule has 0 atom stereocenters. The molecule has 0 radical (unpaired) electrons. The number of aromatic amines is 1. The highest BCUT2D eigenvalue weighted by molar-refractivity contribution is 7.93. The Kier molecular flexibility index (Phi) is 7.20. The number of alkyl halides is 3. The van der Waals surface area contributed by atoms with Gasteiger partial charge in [-0.15, -0.1) is 5.10 Å². The Hall–Kier alpha value is -3.48. The number of primary sulfonamides is 1. The first kappa shape index (κ1) is 26.1. The number of nitrogens with one attached hydrogen (secondary N) is 1. The fraction of sp³-hybridized carbons (Fsp3) is 0.235. The van der Waals surface area contributed by atoms with Crippen LogP contribution in [0, 0.1) is 0 Å². The van der Waals surface area contributed by atoms with Crippen molar-refractivity contribution in [3.05, 3.63) is 36.2 Å². The Morgan fingerprint density at radius 3 is 2.43 bits per heavy atom. The van der Waals surface area contributed by atoms with Crippen LogP contribution in [-0.2, 0) is 36.0 Å². The number of carbonyl (C=O) groups excluding carboxylic acids is 1. The van der Waals surface area contributed by atoms with Gasteiger partial charge in [-0.05, 0) is 28.1 Å². The van der Waals surface area contributed by atoms with E-state index in [0.717, 1.165) is 12.3 Å². The number of carbonyl (C=O) groups is 1. The van der Waals surface area contributed by atoms with Crippen LogP contribution < -0.4 is 10.9 Å². The second kappa shape index (κ2) is 9.64. The molecule has 0 aliphatic heterocycles. The van der Waals surface area contributed by atoms with Gasteiger partial charge in [-0.1, -0.05) is 6.07 Å². The summed E-state index contributed by atoms with van der Waals surface area (Å²) in [5.74, 6) is -3.28. The summed E-state index contributed by atoms with van der Waals surface area (Å²) >= 11 is 0. The molecule has 0 saturated carbocycles. The van der Waals surface area contributed by atoms with Gasteiger partial charge in [0.2, 0.25) is 10.0 Å². The molecule has 18 heteroatoms. The molecular weight excluding hydrogens is 519 g/mol. The largest absolute Gasteiger partial charge is 0.490 e. The average molecular weight is 535 g/mol. The van der Waals surface area contributed by atoms with Gasteiger partial charge in [0.25, 0.3) is 0 Å². The van der Waals surface area contributed by atoms with Gasteiger partial charge in [0.15, 0.2) is 15.7 Å². The molecule has 2 aromatic heterocycles. The molecular formula is C17H16F3N7O6S2. The predicted molar refractivity (Wildman–Crippen MR) is 111 cm³/mol. The number of tetrazole rings is 1. The van der Waals surface area contributed by atoms with Gasteiger partial charge >= 0.3 is 12.1 Å². The van der Waals surface area contributed by atoms with Gasteiger partial charge in [0.05, 0.1) is 10.6 Å². The van der Waals surface area contributed by atoms with E-state index in [4.69, 9.17) is 10.9 Å². The molecule has 0 aliphatic carbocycles. The Labute approximate surface area is 195 Å². The number of esters is 1. The highest BCUT2D eigenvalue weighted by Crippen LogP contribution is 2.39. The third kappa shape index (κ3) is 5.78. The lowest BCUT2D eigenvalue weighted by Crippen LogP contribution is -2.25. The van der Waals surface area contributed by atoms with Crippen molar-refractivity contribution in [3.8, 4) is 22.5 Å². The molecule has 5 N–H and O–H groups in total. The van der Waals surface area contributed by atoms with E-state index in [-0.39, 0.29) is 34.6 Å². The molecule has 188 valence electrons. The lowest BCUT2D eigenvalue weighted by molar-refractivity contribution is -0.201. The maximum Gasteiger partial charge on any atom is 0.490 e. The number of pyridine rings is 1. The van der Waals surface area contributed by atoms with Crippen LogP contribution in [-0.4, -0.2) is 66.9 Å². The topological polar surface area (TPSA) is 214 Å². The van der Waals surface area contributed by atoms with Crippen LogP contribution in [0.4, 0.5) is 13.2 Å². The molecule has 0 amide bonds. The maximum atomic E-state index is 12.7. The minimum absolute atomic E-state index is 0.00997. The minimum Gasteiger partial charge on any atom is -0.454 e. The highest BCUT2D eigenvalue weighted by atomic mass is 32.2. The molecule has 0 unspecified atom stereocenters. The SMILES string of the molecule is NCCS(=O)(=O)c1ccc(-c2cncc(COC(=O)C(F)(F)F)c2)c(-c2nnn[nH]2)c1S(N)(=O)=O. The predicted octanol–water partition coefficient (Wildman–Crippen LogP) is -0.0860. The summed E-state index contributed by atoms with van der Waals surface area (Å²) < 4.78 is 92.0. The molecule has 35 heavy (non-hydrogen) atoms. The van der Waals surface area contributed by atoms with Crippen LogP contribution in [0.5, 0.6) is 0 Å². The average Bonchev–Trinajstić information content (AvgIpc) is 3.30. The number of H-pyrrole nitrogens is 1. The van der Waals surface area contributed by atoms with Crippen LogP contribution in [0.25, 0.3) is 22.5 Å². The quantitative estimate of drug-likeness (QED) is 0.324. The van der Waals surface area contributed by atoms with Crippen LogP contribution in [0.15, 0.2) is 40.4 Å². The van der Waals surface area contributed by atoms with E-state index < -0.39 is 54.2 Å². The summed E-state index contributed by atoms with van der Waals surface area (Å²) in [5, 5.41) is 18.1. The Balaban J connectivity index is 2.23. The number of sulfone groups is 1. The summed E-state index contributed by atoms with van der Waals surface area (Å²) in [6.07, 6.45) is -2.88. The van der Waals surface area contributed by atoms with Crippen LogP contribution in [0.1, 0.15) is 5.56 Å². The number of hydrogen-bond donors (Lipinski definition) is 3. The van der Waals surface area contributed by atoms with E-state index in [0.29, 0.717) is 0 Å². The number of halogens is 3. The molecule has 0 bridgehead atoms. The molecule has 3 rings (SSSR count). The van der Waals surface area contributed by atoms with Gasteiger partial charge in [0.1, 0.15) is 11.5 Å². The second-order valence-corrected chi connectivity index (χ2v) is 10.4. The van der Waals surface area contributed by atoms with Crippen molar-refractivity contribution in [2.45, 2.75) is 22.6 Å². The summed E-state index contributed by atoms with van der Waals surface area (Å²) in [4.78, 5) is 13.4. The maximum absolute atomic E-state index is 12.7. The zero-order valence-corrected chi connectivity index (χ0v) is 19.0. The van der Waals surface area contributed by atoms with Crippen LogP contribution in [0.3, 0.4) is 0 Å². The van der Waals surface area contributed by atoms with Crippen molar-refractivity contribution < 1.29 is 39.5 Å². The van der Waals surface area contributed by atoms with E-state index in [9.17, 15) is 34.8 Å². The van der Waals surface area contributed by atoms with E-state index in [1.165, 1.54) is 18.3 Å². The number of aromatic nitrogens is 5. The number of nitrogens with zero attached hydrogens (tertiary/aromatic N) is 4. The fourth-order valence-corrected chi connectivity index (χ4v) is 5.80. The van der Waals surface area contributed by atoms with Crippen molar-refractivity contribution in [1.29, 1.82) is 0 Å². The van der Waals surface area contributed by atoms with E-state index in [2.05, 4.69) is 30.3 Å². The molecule has 2 heterocycles. The van der Waals surface area contributed by atoms with Crippen molar-refractivity contribution in [3.63, 3.8) is 0 Å². The summed E-state index contributed by atoms with van der Waals surface area (Å²) in [7, 11) is -8.94. The number of nitrogens with two attached hydrogens (primary N) is 2. The number of benzene rings is 1. The summed E-state index contributed by atoms with van der Waals surface area (Å²) in [6, 6.07) is 3.46. The number of hydrogen-bond acceptors (Lipinski definition) is 11. The smallest absolute Gasteiger partial charge is 0.454 e. The molecule has 0 spiro atoms. The van der Waals surface area contributed by atoms with Crippen molar-refractivity contribution in [2.24, 2.45) is 10.9 Å². The third-order valence-corrected chi connectivity index (χ3v) is 7.32. The van der Waals surface area contributed by atoms with Gasteiger partial charge in [-0.2, -0.15) is 13.2 Å². The summed E-state index contributed by atoms with van der Waals surface area (Å²) in [5.41, 5.74) is 5.14. The summed E-state index contributed by atoms with van der Waals surface area (Å²) in [6.45, 7) is -1.11. The molecule has 3 aromatic rings. The Bertz CT molecular complexity index is 1460. The van der Waals surface area contributed by atoms with E-state index >= 15 is 0 Å². The van der Waals surface area contributed by atoms with E-state index in [1.54, 1.807) is 0 Å². The second-order valence-electron chi connectivity index (χ2n) is 6.87. The molecule has 0 saturated heterocycles. The van der Waals surface area contributed by atoms with Crippen molar-refractivity contribution >= 4 is 25.8 Å². The van der Waals surface area contributed by atoms with Gasteiger partial charge in [0, 0.05) is 35.6 Å². The van der Waals surface area contributed by atoms with Crippen LogP contribution >= 0.6 is 0 Å².